The van der Waals surface area contributed by atoms with Gasteiger partial charge in [-0.25, -0.2) is 4.39 Å². The van der Waals surface area contributed by atoms with Crippen LogP contribution in [0.5, 0.6) is 0 Å². The number of rotatable bonds is 3. The molecule has 0 saturated carbocycles. The lowest BCUT2D eigenvalue weighted by Crippen LogP contribution is -2.11. The molecular formula is C14H9ClFNO2. The molecule has 0 heterocycles. The van der Waals surface area contributed by atoms with Crippen LogP contribution in [0.1, 0.15) is 20.7 Å². The number of halogens is 2. The van der Waals surface area contributed by atoms with Crippen molar-refractivity contribution in [2.75, 3.05) is 0 Å². The molecule has 2 N–H and O–H groups in total. The van der Waals surface area contributed by atoms with Crippen molar-refractivity contribution in [2.24, 2.45) is 5.73 Å². The van der Waals surface area contributed by atoms with Gasteiger partial charge in [0.15, 0.2) is 6.29 Å². The van der Waals surface area contributed by atoms with Crippen LogP contribution in [0.2, 0.25) is 5.02 Å². The lowest BCUT2D eigenvalue weighted by Gasteiger charge is -2.08. The minimum absolute atomic E-state index is 0.0362. The largest absolute Gasteiger partial charge is 0.366 e. The highest BCUT2D eigenvalue weighted by atomic mass is 35.5. The number of amides is 1. The van der Waals surface area contributed by atoms with E-state index < -0.39 is 11.7 Å². The summed E-state index contributed by atoms with van der Waals surface area (Å²) in [5.41, 5.74) is 6.27. The quantitative estimate of drug-likeness (QED) is 0.877. The van der Waals surface area contributed by atoms with Gasteiger partial charge in [-0.15, -0.1) is 0 Å². The number of benzene rings is 2. The Morgan fingerprint density at radius 1 is 1.26 bits per heavy atom. The van der Waals surface area contributed by atoms with Crippen molar-refractivity contribution in [2.45, 2.75) is 0 Å². The van der Waals surface area contributed by atoms with Crippen LogP contribution in [0.3, 0.4) is 0 Å². The zero-order chi connectivity index (χ0) is 14.0. The predicted octanol–water partition coefficient (Wildman–Crippen LogP) is 3.06. The van der Waals surface area contributed by atoms with E-state index in [-0.39, 0.29) is 16.1 Å². The molecule has 19 heavy (non-hydrogen) atoms. The number of nitrogens with two attached hydrogens (primary N) is 1. The van der Waals surface area contributed by atoms with Gasteiger partial charge in [-0.1, -0.05) is 29.8 Å². The molecule has 0 unspecified atom stereocenters. The van der Waals surface area contributed by atoms with Gasteiger partial charge in [0.25, 0.3) is 0 Å². The topological polar surface area (TPSA) is 60.2 Å². The summed E-state index contributed by atoms with van der Waals surface area (Å²) in [5.74, 6) is -1.30. The highest BCUT2D eigenvalue weighted by Gasteiger charge is 2.13. The van der Waals surface area contributed by atoms with Gasteiger partial charge in [0.2, 0.25) is 5.91 Å². The highest BCUT2D eigenvalue weighted by Crippen LogP contribution is 2.31. The molecule has 2 aromatic rings. The van der Waals surface area contributed by atoms with Crippen molar-refractivity contribution in [3.05, 3.63) is 58.4 Å². The summed E-state index contributed by atoms with van der Waals surface area (Å²) in [6.07, 6.45) is 0.431. The van der Waals surface area contributed by atoms with Crippen LogP contribution in [0.4, 0.5) is 4.39 Å². The zero-order valence-corrected chi connectivity index (χ0v) is 10.4. The third kappa shape index (κ3) is 2.48. The normalized spacial score (nSPS) is 10.2. The van der Waals surface area contributed by atoms with E-state index in [2.05, 4.69) is 0 Å². The summed E-state index contributed by atoms with van der Waals surface area (Å²) < 4.78 is 13.6. The molecule has 0 spiro atoms. The van der Waals surface area contributed by atoms with Gasteiger partial charge in [0.1, 0.15) is 5.82 Å². The number of hydrogen-bond acceptors (Lipinski definition) is 2. The Hall–Kier alpha value is -2.20. The molecule has 0 radical (unpaired) electrons. The summed E-state index contributed by atoms with van der Waals surface area (Å²) in [7, 11) is 0. The van der Waals surface area contributed by atoms with Gasteiger partial charge in [-0.05, 0) is 23.8 Å². The first-order valence-corrected chi connectivity index (χ1v) is 5.76. The van der Waals surface area contributed by atoms with Crippen LogP contribution in [-0.4, -0.2) is 12.2 Å². The van der Waals surface area contributed by atoms with Crippen molar-refractivity contribution in [1.82, 2.24) is 0 Å². The van der Waals surface area contributed by atoms with E-state index in [9.17, 15) is 14.0 Å². The zero-order valence-electron chi connectivity index (χ0n) is 9.69. The number of carbonyl (C=O) groups is 2. The van der Waals surface area contributed by atoms with E-state index >= 15 is 0 Å². The standard InChI is InChI=1S/C14H9ClFNO2/c15-13-10(2-1-3-11(13)14(17)19)8-4-5-9(7-18)12(16)6-8/h1-7H,(H2,17,19). The third-order valence-corrected chi connectivity index (χ3v) is 3.11. The molecule has 0 bridgehead atoms. The summed E-state index contributed by atoms with van der Waals surface area (Å²) in [6, 6.07) is 8.83. The Kier molecular flexibility index (Phi) is 3.62. The number of aldehydes is 1. The molecule has 2 aromatic carbocycles. The van der Waals surface area contributed by atoms with Crippen LogP contribution in [0.15, 0.2) is 36.4 Å². The van der Waals surface area contributed by atoms with Crippen molar-refractivity contribution in [1.29, 1.82) is 0 Å². The summed E-state index contributed by atoms with van der Waals surface area (Å²) in [5, 5.41) is 0.160. The van der Waals surface area contributed by atoms with E-state index in [1.807, 2.05) is 0 Å². The van der Waals surface area contributed by atoms with Crippen LogP contribution in [-0.2, 0) is 0 Å². The van der Waals surface area contributed by atoms with E-state index in [1.54, 1.807) is 18.2 Å². The Morgan fingerprint density at radius 3 is 2.58 bits per heavy atom. The van der Waals surface area contributed by atoms with E-state index in [0.717, 1.165) is 0 Å². The Bertz CT molecular complexity index is 670. The van der Waals surface area contributed by atoms with Crippen LogP contribution < -0.4 is 5.73 Å². The van der Waals surface area contributed by atoms with Gasteiger partial charge in [0, 0.05) is 5.56 Å². The van der Waals surface area contributed by atoms with E-state index in [1.165, 1.54) is 18.2 Å². The first kappa shape index (κ1) is 13.2. The fraction of sp³-hybridized carbons (Fsp3) is 0. The summed E-state index contributed by atoms with van der Waals surface area (Å²) in [4.78, 5) is 21.7. The maximum absolute atomic E-state index is 13.6. The fourth-order valence-corrected chi connectivity index (χ4v) is 2.06. The molecule has 0 aliphatic heterocycles. The monoisotopic (exact) mass is 277 g/mol. The molecule has 0 fully saturated rings. The second kappa shape index (κ2) is 5.20. The van der Waals surface area contributed by atoms with Crippen molar-refractivity contribution >= 4 is 23.8 Å². The first-order chi connectivity index (χ1) is 9.04. The van der Waals surface area contributed by atoms with Gasteiger partial charge in [0.05, 0.1) is 16.1 Å². The predicted molar refractivity (Wildman–Crippen MR) is 70.8 cm³/mol. The smallest absolute Gasteiger partial charge is 0.250 e. The summed E-state index contributed by atoms with van der Waals surface area (Å²) in [6.45, 7) is 0. The van der Waals surface area contributed by atoms with Gasteiger partial charge < -0.3 is 5.73 Å². The maximum Gasteiger partial charge on any atom is 0.250 e. The van der Waals surface area contributed by atoms with E-state index in [0.29, 0.717) is 17.4 Å². The lowest BCUT2D eigenvalue weighted by molar-refractivity contribution is 0.1000. The molecule has 3 nitrogen and oxygen atoms in total. The Morgan fingerprint density at radius 2 is 2.00 bits per heavy atom. The molecule has 0 aliphatic carbocycles. The number of primary amides is 1. The molecular weight excluding hydrogens is 269 g/mol. The molecule has 0 saturated heterocycles. The first-order valence-electron chi connectivity index (χ1n) is 5.38. The third-order valence-electron chi connectivity index (χ3n) is 2.70. The van der Waals surface area contributed by atoms with Gasteiger partial charge in [-0.2, -0.15) is 0 Å². The number of carbonyl (C=O) groups excluding carboxylic acids is 2. The maximum atomic E-state index is 13.6. The van der Waals surface area contributed by atoms with Crippen LogP contribution in [0.25, 0.3) is 11.1 Å². The molecule has 0 aromatic heterocycles. The molecule has 0 aliphatic rings. The summed E-state index contributed by atoms with van der Waals surface area (Å²) >= 11 is 6.07. The molecule has 1 amide bonds. The number of hydrogen-bond donors (Lipinski definition) is 1. The second-order valence-electron chi connectivity index (χ2n) is 3.89. The van der Waals surface area contributed by atoms with Gasteiger partial charge >= 0.3 is 0 Å². The van der Waals surface area contributed by atoms with Crippen LogP contribution in [0, 0.1) is 5.82 Å². The van der Waals surface area contributed by atoms with Crippen molar-refractivity contribution in [3.63, 3.8) is 0 Å². The average Bonchev–Trinajstić information content (AvgIpc) is 2.38. The molecule has 96 valence electrons. The van der Waals surface area contributed by atoms with Gasteiger partial charge in [-0.3, -0.25) is 9.59 Å². The second-order valence-corrected chi connectivity index (χ2v) is 4.26. The minimum atomic E-state index is -0.656. The highest BCUT2D eigenvalue weighted by molar-refractivity contribution is 6.36. The SMILES string of the molecule is NC(=O)c1cccc(-c2ccc(C=O)c(F)c2)c1Cl. The Labute approximate surface area is 113 Å². The van der Waals surface area contributed by atoms with E-state index in [4.69, 9.17) is 17.3 Å². The fourth-order valence-electron chi connectivity index (χ4n) is 1.74. The molecule has 0 atom stereocenters. The molecule has 2 rings (SSSR count). The molecule has 5 heteroatoms. The van der Waals surface area contributed by atoms with Crippen molar-refractivity contribution in [3.8, 4) is 11.1 Å². The average molecular weight is 278 g/mol. The van der Waals surface area contributed by atoms with Crippen molar-refractivity contribution < 1.29 is 14.0 Å². The van der Waals surface area contributed by atoms with Crippen LogP contribution >= 0.6 is 11.6 Å². The minimum Gasteiger partial charge on any atom is -0.366 e. The Balaban J connectivity index is 2.59. The lowest BCUT2D eigenvalue weighted by atomic mass is 10.0.